The minimum Gasteiger partial charge on any atom is -0.454 e. The molecular formula is C20H18N2O3. The molecule has 1 fully saturated rings. The van der Waals surface area contributed by atoms with Crippen LogP contribution in [0.1, 0.15) is 40.4 Å². The average Bonchev–Trinajstić information content (AvgIpc) is 3.30. The monoisotopic (exact) mass is 334 g/mol. The number of carbonyl (C=O) groups is 1. The summed E-state index contributed by atoms with van der Waals surface area (Å²) in [5, 5.41) is 8.86. The van der Waals surface area contributed by atoms with Crippen molar-refractivity contribution < 1.29 is 14.3 Å². The van der Waals surface area contributed by atoms with Gasteiger partial charge in [-0.05, 0) is 48.2 Å². The molecule has 1 saturated heterocycles. The van der Waals surface area contributed by atoms with E-state index in [9.17, 15) is 4.79 Å². The molecule has 126 valence electrons. The van der Waals surface area contributed by atoms with Gasteiger partial charge in [-0.25, -0.2) is 0 Å². The Bertz CT molecular complexity index is 856. The lowest BCUT2D eigenvalue weighted by atomic mass is 10.0. The number of nitrogens with zero attached hydrogens (tertiary/aromatic N) is 2. The van der Waals surface area contributed by atoms with Crippen molar-refractivity contribution in [3.8, 4) is 17.6 Å². The number of rotatable bonds is 3. The van der Waals surface area contributed by atoms with E-state index in [-0.39, 0.29) is 18.7 Å². The Morgan fingerprint density at radius 1 is 1.20 bits per heavy atom. The number of carbonyl (C=O) groups excluding carboxylic acids is 1. The summed E-state index contributed by atoms with van der Waals surface area (Å²) >= 11 is 0. The first-order chi connectivity index (χ1) is 12.3. The molecule has 0 bridgehead atoms. The minimum absolute atomic E-state index is 0.0138. The van der Waals surface area contributed by atoms with Gasteiger partial charge in [0.2, 0.25) is 6.79 Å². The summed E-state index contributed by atoms with van der Waals surface area (Å²) in [6, 6.07) is 15.4. The second-order valence-corrected chi connectivity index (χ2v) is 6.30. The first-order valence-electron chi connectivity index (χ1n) is 8.42. The van der Waals surface area contributed by atoms with Gasteiger partial charge in [0.05, 0.1) is 18.5 Å². The number of nitriles is 1. The lowest BCUT2D eigenvalue weighted by Crippen LogP contribution is -2.30. The van der Waals surface area contributed by atoms with Crippen LogP contribution in [0.25, 0.3) is 0 Å². The maximum absolute atomic E-state index is 13.0. The van der Waals surface area contributed by atoms with E-state index in [1.165, 1.54) is 0 Å². The molecule has 1 atom stereocenters. The van der Waals surface area contributed by atoms with Crippen molar-refractivity contribution >= 4 is 5.91 Å². The second-order valence-electron chi connectivity index (χ2n) is 6.30. The molecule has 1 unspecified atom stereocenters. The fourth-order valence-electron chi connectivity index (χ4n) is 3.55. The zero-order chi connectivity index (χ0) is 17.2. The van der Waals surface area contributed by atoms with Gasteiger partial charge < -0.3 is 14.4 Å². The molecule has 25 heavy (non-hydrogen) atoms. The maximum atomic E-state index is 13.0. The van der Waals surface area contributed by atoms with Crippen LogP contribution in [0, 0.1) is 11.3 Å². The summed E-state index contributed by atoms with van der Waals surface area (Å²) in [6.07, 6.45) is 2.22. The Morgan fingerprint density at radius 2 is 2.08 bits per heavy atom. The molecule has 0 saturated carbocycles. The highest BCUT2D eigenvalue weighted by Gasteiger charge is 2.31. The fourth-order valence-corrected chi connectivity index (χ4v) is 3.55. The Labute approximate surface area is 146 Å². The first-order valence-corrected chi connectivity index (χ1v) is 8.42. The molecule has 2 aromatic carbocycles. The SMILES string of the molecule is N#CCc1cccc(C(=O)N2CCCC2c2ccc3c(c2)OCO3)c1. The molecule has 2 aromatic rings. The van der Waals surface area contributed by atoms with E-state index in [0.29, 0.717) is 12.0 Å². The summed E-state index contributed by atoms with van der Waals surface area (Å²) in [7, 11) is 0. The van der Waals surface area contributed by atoms with Gasteiger partial charge in [-0.3, -0.25) is 4.79 Å². The van der Waals surface area contributed by atoms with Gasteiger partial charge in [-0.15, -0.1) is 0 Å². The van der Waals surface area contributed by atoms with Crippen LogP contribution in [0.5, 0.6) is 11.5 Å². The van der Waals surface area contributed by atoms with Gasteiger partial charge in [-0.2, -0.15) is 5.26 Å². The number of amides is 1. The van der Waals surface area contributed by atoms with Crippen LogP contribution in [0.4, 0.5) is 0 Å². The molecule has 0 radical (unpaired) electrons. The number of likely N-dealkylation sites (tertiary alicyclic amines) is 1. The van der Waals surface area contributed by atoms with Crippen LogP contribution in [-0.2, 0) is 6.42 Å². The van der Waals surface area contributed by atoms with E-state index >= 15 is 0 Å². The number of fused-ring (bicyclic) bond motifs is 1. The van der Waals surface area contributed by atoms with Crippen LogP contribution < -0.4 is 9.47 Å². The Morgan fingerprint density at radius 3 is 2.96 bits per heavy atom. The van der Waals surface area contributed by atoms with E-state index in [2.05, 4.69) is 6.07 Å². The van der Waals surface area contributed by atoms with E-state index < -0.39 is 0 Å². The molecule has 0 spiro atoms. The van der Waals surface area contributed by atoms with Crippen molar-refractivity contribution in [3.63, 3.8) is 0 Å². The number of ether oxygens (including phenoxy) is 2. The van der Waals surface area contributed by atoms with Gasteiger partial charge in [-0.1, -0.05) is 18.2 Å². The van der Waals surface area contributed by atoms with Crippen molar-refractivity contribution in [2.45, 2.75) is 25.3 Å². The second kappa shape index (κ2) is 6.48. The third-order valence-electron chi connectivity index (χ3n) is 4.75. The van der Waals surface area contributed by atoms with Gasteiger partial charge in [0.15, 0.2) is 11.5 Å². The average molecular weight is 334 g/mol. The third-order valence-corrected chi connectivity index (χ3v) is 4.75. The standard InChI is InChI=1S/C20H18N2O3/c21-9-8-14-3-1-4-16(11-14)20(23)22-10-2-5-17(22)15-6-7-18-19(12-15)25-13-24-18/h1,3-4,6-7,11-12,17H,2,5,8,10,13H2. The molecule has 5 heteroatoms. The summed E-state index contributed by atoms with van der Waals surface area (Å²) in [5.41, 5.74) is 2.58. The van der Waals surface area contributed by atoms with Gasteiger partial charge in [0, 0.05) is 12.1 Å². The first kappa shape index (κ1) is 15.5. The highest BCUT2D eigenvalue weighted by molar-refractivity contribution is 5.95. The largest absolute Gasteiger partial charge is 0.454 e. The lowest BCUT2D eigenvalue weighted by molar-refractivity contribution is 0.0735. The zero-order valence-corrected chi connectivity index (χ0v) is 13.8. The highest BCUT2D eigenvalue weighted by atomic mass is 16.7. The minimum atomic E-state index is 0.0138. The lowest BCUT2D eigenvalue weighted by Gasteiger charge is -2.25. The van der Waals surface area contributed by atoms with Gasteiger partial charge in [0.1, 0.15) is 0 Å². The van der Waals surface area contributed by atoms with Crippen LogP contribution >= 0.6 is 0 Å². The van der Waals surface area contributed by atoms with Crippen LogP contribution in [-0.4, -0.2) is 24.1 Å². The van der Waals surface area contributed by atoms with Crippen LogP contribution in [0.3, 0.4) is 0 Å². The number of benzene rings is 2. The number of hydrogen-bond donors (Lipinski definition) is 0. The Hall–Kier alpha value is -3.00. The smallest absolute Gasteiger partial charge is 0.254 e. The normalized spacial score (nSPS) is 18.2. The Kier molecular flexibility index (Phi) is 4.02. The zero-order valence-electron chi connectivity index (χ0n) is 13.8. The summed E-state index contributed by atoms with van der Waals surface area (Å²) in [6.45, 7) is 0.984. The van der Waals surface area contributed by atoms with Gasteiger partial charge in [0.25, 0.3) is 5.91 Å². The summed E-state index contributed by atoms with van der Waals surface area (Å²) in [5.74, 6) is 1.51. The van der Waals surface area contributed by atoms with Crippen molar-refractivity contribution in [2.24, 2.45) is 0 Å². The van der Waals surface area contributed by atoms with Crippen molar-refractivity contribution in [2.75, 3.05) is 13.3 Å². The van der Waals surface area contributed by atoms with Crippen molar-refractivity contribution in [1.82, 2.24) is 4.90 Å². The molecular weight excluding hydrogens is 316 g/mol. The summed E-state index contributed by atoms with van der Waals surface area (Å²) in [4.78, 5) is 14.9. The molecule has 2 aliphatic rings. The molecule has 0 aliphatic carbocycles. The highest BCUT2D eigenvalue weighted by Crippen LogP contribution is 2.39. The quantitative estimate of drug-likeness (QED) is 0.862. The molecule has 2 aliphatic heterocycles. The molecule has 0 N–H and O–H groups in total. The Balaban J connectivity index is 1.60. The van der Waals surface area contributed by atoms with Crippen molar-refractivity contribution in [3.05, 3.63) is 59.2 Å². The summed E-state index contributed by atoms with van der Waals surface area (Å²) < 4.78 is 10.8. The van der Waals surface area contributed by atoms with Crippen LogP contribution in [0.2, 0.25) is 0 Å². The van der Waals surface area contributed by atoms with Crippen LogP contribution in [0.15, 0.2) is 42.5 Å². The van der Waals surface area contributed by atoms with Crippen molar-refractivity contribution in [1.29, 1.82) is 5.26 Å². The molecule has 5 nitrogen and oxygen atoms in total. The molecule has 2 heterocycles. The fraction of sp³-hybridized carbons (Fsp3) is 0.300. The number of hydrogen-bond acceptors (Lipinski definition) is 4. The molecule has 0 aromatic heterocycles. The van der Waals surface area contributed by atoms with E-state index in [0.717, 1.165) is 42.0 Å². The van der Waals surface area contributed by atoms with Gasteiger partial charge >= 0.3 is 0 Å². The topological polar surface area (TPSA) is 62.6 Å². The predicted molar refractivity (Wildman–Crippen MR) is 91.3 cm³/mol. The maximum Gasteiger partial charge on any atom is 0.254 e. The van der Waals surface area contributed by atoms with E-state index in [1.807, 2.05) is 47.4 Å². The third kappa shape index (κ3) is 2.91. The van der Waals surface area contributed by atoms with E-state index in [4.69, 9.17) is 14.7 Å². The predicted octanol–water partition coefficient (Wildman–Crippen LogP) is 3.46. The molecule has 4 rings (SSSR count). The molecule has 1 amide bonds. The van der Waals surface area contributed by atoms with E-state index in [1.54, 1.807) is 0 Å².